The molecule has 20 heteroatoms. The number of methoxy groups -OCH3 is 2. The van der Waals surface area contributed by atoms with Gasteiger partial charge in [-0.2, -0.15) is 11.8 Å². The van der Waals surface area contributed by atoms with Crippen molar-refractivity contribution < 1.29 is 51.0 Å². The molecule has 2 unspecified atom stereocenters. The quantitative estimate of drug-likeness (QED) is 0.0817. The fraction of sp³-hybridized carbons (Fsp3) is 0.406. The van der Waals surface area contributed by atoms with Gasteiger partial charge in [-0.3, -0.25) is 4.79 Å². The van der Waals surface area contributed by atoms with E-state index in [1.807, 2.05) is 11.8 Å². The molecule has 0 aromatic carbocycles. The molecule has 6 rings (SSSR count). The number of ether oxygens (including phenoxy) is 3. The molecule has 5 aromatic rings. The fourth-order valence-corrected chi connectivity index (χ4v) is 5.67. The molecule has 0 bridgehead atoms. The van der Waals surface area contributed by atoms with Crippen molar-refractivity contribution in [2.75, 3.05) is 32.8 Å². The molecule has 52 heavy (non-hydrogen) atoms. The van der Waals surface area contributed by atoms with Crippen molar-refractivity contribution in [1.82, 2.24) is 35.6 Å². The zero-order chi connectivity index (χ0) is 37.4. The fourth-order valence-electron chi connectivity index (χ4n) is 4.85. The van der Waals surface area contributed by atoms with Crippen LogP contribution in [0.5, 0.6) is 0 Å². The molecule has 0 saturated carbocycles. The number of aromatic nitrogens is 5. The first-order valence-electron chi connectivity index (χ1n) is 15.9. The number of carbonyl (C=O) groups excluding carboxylic acids is 1. The molecule has 2 atom stereocenters. The minimum Gasteiger partial charge on any atom is -0.476 e. The summed E-state index contributed by atoms with van der Waals surface area (Å²) in [6.07, 6.45) is 4.68. The van der Waals surface area contributed by atoms with Crippen LogP contribution >= 0.6 is 11.8 Å². The van der Waals surface area contributed by atoms with Gasteiger partial charge in [0.25, 0.3) is 5.91 Å². The summed E-state index contributed by atoms with van der Waals surface area (Å²) in [5.41, 5.74) is 5.51. The molecule has 1 aliphatic heterocycles. The number of carbonyl (C=O) groups is 2. The van der Waals surface area contributed by atoms with Crippen LogP contribution in [-0.2, 0) is 25.4 Å². The van der Waals surface area contributed by atoms with E-state index in [0.717, 1.165) is 24.2 Å². The third-order valence-electron chi connectivity index (χ3n) is 7.26. The van der Waals surface area contributed by atoms with Gasteiger partial charge in [-0.1, -0.05) is 6.92 Å². The van der Waals surface area contributed by atoms with E-state index in [2.05, 4.69) is 48.2 Å². The minimum absolute atomic E-state index is 0.00504. The summed E-state index contributed by atoms with van der Waals surface area (Å²) >= 11 is 1.84. The molecule has 0 radical (unpaired) electrons. The molecule has 5 N–H and O–H groups in total. The summed E-state index contributed by atoms with van der Waals surface area (Å²) in [6, 6.07) is -1.04. The number of oxazole rings is 5. The van der Waals surface area contributed by atoms with Gasteiger partial charge in [-0.05, 0) is 33.1 Å². The smallest absolute Gasteiger partial charge is 0.357 e. The van der Waals surface area contributed by atoms with Crippen LogP contribution in [0.15, 0.2) is 52.8 Å². The number of nitrogens with two attached hydrogens (primary N) is 1. The lowest BCUT2D eigenvalue weighted by Gasteiger charge is -2.23. The number of amides is 1. The van der Waals surface area contributed by atoms with Gasteiger partial charge < -0.3 is 57.8 Å². The van der Waals surface area contributed by atoms with Crippen molar-refractivity contribution in [3.05, 3.63) is 65.4 Å². The van der Waals surface area contributed by atoms with E-state index in [1.54, 1.807) is 13.8 Å². The number of nitrogens with one attached hydrogen (secondary N) is 2. The number of hydrogen-bond acceptors (Lipinski definition) is 18. The van der Waals surface area contributed by atoms with E-state index in [9.17, 15) is 9.59 Å². The summed E-state index contributed by atoms with van der Waals surface area (Å²) in [7, 11) is 4.28. The molecule has 0 fully saturated rings. The highest BCUT2D eigenvalue weighted by atomic mass is 32.2. The van der Waals surface area contributed by atoms with E-state index < -0.39 is 30.4 Å². The van der Waals surface area contributed by atoms with E-state index in [-0.39, 0.29) is 46.3 Å². The van der Waals surface area contributed by atoms with Gasteiger partial charge in [0.05, 0.1) is 0 Å². The Morgan fingerprint density at radius 1 is 0.942 bits per heavy atom. The standard InChI is InChI=1S/C31H33N7O11S.CH5N/c1-6-8-50-9-7-20-36-22(14(2)48-20)29-38-21(15(3)49-29)27-32-16(10-46-27)24(39)37-23(31(42-4)43-5)28-34-18(12-47-28)25-33-17(11-44-25)26-35-19(13-45-26)30(40)41;1-2/h10-13,23,27,31-32H,6-9H2,1-5H3,(H,37,39)(H,40,41);2H2,1H3. The Kier molecular flexibility index (Phi) is 12.5. The second-order valence-corrected chi connectivity index (χ2v) is 12.0. The van der Waals surface area contributed by atoms with Crippen LogP contribution in [0.1, 0.15) is 65.1 Å². The summed E-state index contributed by atoms with van der Waals surface area (Å²) < 4.78 is 44.7. The number of aryl methyl sites for hydroxylation is 3. The zero-order valence-electron chi connectivity index (χ0n) is 29.1. The Balaban J connectivity index is 0.00000257. The lowest BCUT2D eigenvalue weighted by molar-refractivity contribution is -0.139. The largest absolute Gasteiger partial charge is 0.476 e. The van der Waals surface area contributed by atoms with Crippen molar-refractivity contribution >= 4 is 23.6 Å². The number of thioether (sulfide) groups is 1. The number of nitrogens with zero attached hydrogens (tertiary/aromatic N) is 5. The first kappa shape index (κ1) is 37.8. The van der Waals surface area contributed by atoms with Crippen LogP contribution in [0.2, 0.25) is 0 Å². The maximum Gasteiger partial charge on any atom is 0.357 e. The van der Waals surface area contributed by atoms with Crippen molar-refractivity contribution in [3.8, 4) is 34.8 Å². The van der Waals surface area contributed by atoms with E-state index in [4.69, 9.17) is 41.4 Å². The Hall–Kier alpha value is -5.44. The molecular formula is C32H38N8O11S. The summed E-state index contributed by atoms with van der Waals surface area (Å²) in [6.45, 7) is 5.68. The number of carboxylic acids is 1. The summed E-state index contributed by atoms with van der Waals surface area (Å²) in [5.74, 6) is 2.04. The monoisotopic (exact) mass is 742 g/mol. The van der Waals surface area contributed by atoms with Crippen molar-refractivity contribution in [2.45, 2.75) is 52.2 Å². The third-order valence-corrected chi connectivity index (χ3v) is 8.45. The summed E-state index contributed by atoms with van der Waals surface area (Å²) in [5, 5.41) is 14.9. The van der Waals surface area contributed by atoms with Gasteiger partial charge in [0.15, 0.2) is 41.0 Å². The molecule has 6 heterocycles. The molecular weight excluding hydrogens is 704 g/mol. The highest BCUT2D eigenvalue weighted by Gasteiger charge is 2.35. The molecule has 1 amide bonds. The number of carboxylic acid groups (broad SMARTS) is 1. The Morgan fingerprint density at radius 3 is 2.37 bits per heavy atom. The SMILES string of the molecule is CCCSCCc1nc(-c2nc(C3NC(C(=O)NC(c4nc(-c5nc(-c6nc(C(=O)O)co6)co5)co4)C(OC)OC)=CO3)c(C)o2)c(C)o1.CN. The highest BCUT2D eigenvalue weighted by Crippen LogP contribution is 2.32. The maximum absolute atomic E-state index is 13.5. The number of aromatic carboxylic acids is 1. The second-order valence-electron chi connectivity index (χ2n) is 10.8. The molecule has 19 nitrogen and oxygen atoms in total. The Bertz CT molecular complexity index is 1990. The van der Waals surface area contributed by atoms with Gasteiger partial charge in [0.2, 0.25) is 29.8 Å². The second kappa shape index (κ2) is 17.2. The van der Waals surface area contributed by atoms with Gasteiger partial charge in [-0.25, -0.2) is 29.7 Å². The first-order valence-corrected chi connectivity index (χ1v) is 17.0. The number of hydrogen-bond donors (Lipinski definition) is 4. The Morgan fingerprint density at radius 2 is 1.65 bits per heavy atom. The maximum atomic E-state index is 13.5. The topological polar surface area (TPSA) is 262 Å². The molecule has 0 saturated heterocycles. The lowest BCUT2D eigenvalue weighted by atomic mass is 10.2. The molecule has 0 spiro atoms. The first-order chi connectivity index (χ1) is 25.2. The summed E-state index contributed by atoms with van der Waals surface area (Å²) in [4.78, 5) is 46.3. The van der Waals surface area contributed by atoms with Gasteiger partial charge in [0.1, 0.15) is 48.0 Å². The molecule has 5 aromatic heterocycles. The van der Waals surface area contributed by atoms with Crippen molar-refractivity contribution in [1.29, 1.82) is 0 Å². The van der Waals surface area contributed by atoms with Gasteiger partial charge >= 0.3 is 5.97 Å². The number of rotatable bonds is 16. The normalized spacial score (nSPS) is 14.4. The predicted octanol–water partition coefficient (Wildman–Crippen LogP) is 4.14. The van der Waals surface area contributed by atoms with Crippen molar-refractivity contribution in [2.24, 2.45) is 5.73 Å². The highest BCUT2D eigenvalue weighted by molar-refractivity contribution is 7.99. The van der Waals surface area contributed by atoms with Crippen LogP contribution in [0, 0.1) is 13.8 Å². The average Bonchev–Trinajstić information content (AvgIpc) is 3.99. The average molecular weight is 743 g/mol. The van der Waals surface area contributed by atoms with Crippen LogP contribution in [0.25, 0.3) is 34.8 Å². The molecule has 1 aliphatic rings. The van der Waals surface area contributed by atoms with E-state index in [0.29, 0.717) is 35.2 Å². The third kappa shape index (κ3) is 8.36. The van der Waals surface area contributed by atoms with Crippen LogP contribution in [0.3, 0.4) is 0 Å². The minimum atomic E-state index is -1.25. The van der Waals surface area contributed by atoms with Crippen LogP contribution < -0.4 is 16.4 Å². The van der Waals surface area contributed by atoms with E-state index in [1.165, 1.54) is 40.1 Å². The van der Waals surface area contributed by atoms with Crippen LogP contribution in [-0.4, -0.2) is 81.0 Å². The van der Waals surface area contributed by atoms with Gasteiger partial charge in [-0.15, -0.1) is 0 Å². The van der Waals surface area contributed by atoms with Gasteiger partial charge in [0, 0.05) is 26.4 Å². The van der Waals surface area contributed by atoms with Crippen molar-refractivity contribution in [3.63, 3.8) is 0 Å². The molecule has 278 valence electrons. The zero-order valence-corrected chi connectivity index (χ0v) is 29.9. The predicted molar refractivity (Wildman–Crippen MR) is 181 cm³/mol. The Labute approximate surface area is 300 Å². The molecule has 0 aliphatic carbocycles. The van der Waals surface area contributed by atoms with Crippen LogP contribution in [0.4, 0.5) is 0 Å². The lowest BCUT2D eigenvalue weighted by Crippen LogP contribution is -2.40. The van der Waals surface area contributed by atoms with E-state index >= 15 is 0 Å².